The first-order chi connectivity index (χ1) is 9.19. The van der Waals surface area contributed by atoms with Crippen LogP contribution in [0.1, 0.15) is 26.1 Å². The Bertz CT molecular complexity index is 368. The molecule has 1 rings (SSSR count). The Morgan fingerprint density at radius 3 is 2.68 bits per heavy atom. The number of nitrogen functional groups attached to an aromatic ring is 1. The summed E-state index contributed by atoms with van der Waals surface area (Å²) in [6.45, 7) is 8.88. The molecule has 0 unspecified atom stereocenters. The van der Waals surface area contributed by atoms with Crippen molar-refractivity contribution < 1.29 is 4.74 Å². The molecule has 1 aromatic heterocycles. The molecule has 108 valence electrons. The van der Waals surface area contributed by atoms with Crippen LogP contribution < -0.4 is 11.1 Å². The Morgan fingerprint density at radius 2 is 2.05 bits per heavy atom. The quantitative estimate of drug-likeness (QED) is 0.658. The molecule has 0 aromatic carbocycles. The maximum atomic E-state index is 5.73. The summed E-state index contributed by atoms with van der Waals surface area (Å²) >= 11 is 0. The van der Waals surface area contributed by atoms with Crippen LogP contribution in [0.15, 0.2) is 6.07 Å². The second-order valence-corrected chi connectivity index (χ2v) is 4.33. The number of rotatable bonds is 9. The van der Waals surface area contributed by atoms with E-state index < -0.39 is 0 Å². The Balaban J connectivity index is 2.40. The molecule has 6 heteroatoms. The second-order valence-electron chi connectivity index (χ2n) is 4.33. The summed E-state index contributed by atoms with van der Waals surface area (Å²) in [4.78, 5) is 10.8. The van der Waals surface area contributed by atoms with Crippen molar-refractivity contribution in [2.45, 2.75) is 26.9 Å². The van der Waals surface area contributed by atoms with Crippen molar-refractivity contribution >= 4 is 11.6 Å². The zero-order valence-electron chi connectivity index (χ0n) is 12.1. The number of nitrogens with zero attached hydrogens (tertiary/aromatic N) is 3. The Labute approximate surface area is 115 Å². The molecule has 1 aromatic rings. The average Bonchev–Trinajstić information content (AvgIpc) is 2.39. The van der Waals surface area contributed by atoms with Crippen molar-refractivity contribution in [1.29, 1.82) is 0 Å². The zero-order chi connectivity index (χ0) is 14.1. The van der Waals surface area contributed by atoms with Crippen molar-refractivity contribution in [3.8, 4) is 0 Å². The molecule has 19 heavy (non-hydrogen) atoms. The molecule has 0 saturated carbocycles. The lowest BCUT2D eigenvalue weighted by Crippen LogP contribution is -2.25. The van der Waals surface area contributed by atoms with Crippen LogP contribution in [0.25, 0.3) is 0 Å². The number of methoxy groups -OCH3 is 1. The van der Waals surface area contributed by atoms with Crippen LogP contribution in [0.4, 0.5) is 11.6 Å². The molecular formula is C13H25N5O. The van der Waals surface area contributed by atoms with E-state index in [4.69, 9.17) is 10.5 Å². The summed E-state index contributed by atoms with van der Waals surface area (Å²) in [5.74, 6) is 1.83. The molecule has 3 N–H and O–H groups in total. The van der Waals surface area contributed by atoms with Gasteiger partial charge in [-0.15, -0.1) is 0 Å². The molecular weight excluding hydrogens is 242 g/mol. The van der Waals surface area contributed by atoms with Gasteiger partial charge in [0.25, 0.3) is 0 Å². The molecule has 0 spiro atoms. The monoisotopic (exact) mass is 267 g/mol. The van der Waals surface area contributed by atoms with Gasteiger partial charge in [-0.2, -0.15) is 0 Å². The van der Waals surface area contributed by atoms with E-state index in [2.05, 4.69) is 34.0 Å². The van der Waals surface area contributed by atoms with Gasteiger partial charge in [0.15, 0.2) is 5.82 Å². The number of nitrogens with two attached hydrogens (primary N) is 1. The van der Waals surface area contributed by atoms with E-state index in [9.17, 15) is 0 Å². The maximum absolute atomic E-state index is 5.73. The minimum absolute atomic E-state index is 0.374. The molecule has 1 heterocycles. The van der Waals surface area contributed by atoms with Gasteiger partial charge in [0.2, 0.25) is 0 Å². The number of hydrogen-bond donors (Lipinski definition) is 2. The number of hydrogen-bond acceptors (Lipinski definition) is 6. The summed E-state index contributed by atoms with van der Waals surface area (Å²) in [7, 11) is 1.61. The molecule has 0 bridgehead atoms. The molecule has 0 aliphatic heterocycles. The van der Waals surface area contributed by atoms with Gasteiger partial charge in [0.05, 0.1) is 0 Å². The first-order valence-electron chi connectivity index (χ1n) is 6.78. The highest BCUT2D eigenvalue weighted by molar-refractivity contribution is 5.44. The van der Waals surface area contributed by atoms with E-state index in [1.807, 2.05) is 0 Å². The first kappa shape index (κ1) is 15.7. The highest BCUT2D eigenvalue weighted by Crippen LogP contribution is 2.09. The topological polar surface area (TPSA) is 76.3 Å². The molecule has 0 saturated heterocycles. The number of ether oxygens (including phenoxy) is 1. The van der Waals surface area contributed by atoms with Crippen molar-refractivity contribution in [3.05, 3.63) is 11.9 Å². The van der Waals surface area contributed by atoms with Crippen molar-refractivity contribution in [3.63, 3.8) is 0 Å². The Kier molecular flexibility index (Phi) is 7.14. The molecule has 0 fully saturated rings. The van der Waals surface area contributed by atoms with Gasteiger partial charge in [-0.1, -0.05) is 13.8 Å². The Hall–Kier alpha value is -1.40. The molecule has 0 amide bonds. The highest BCUT2D eigenvalue weighted by Gasteiger charge is 2.03. The SMILES string of the molecule is CCN(CC)CCCNc1cc(N)nc(COC)n1. The smallest absolute Gasteiger partial charge is 0.158 e. The molecule has 6 nitrogen and oxygen atoms in total. The summed E-state index contributed by atoms with van der Waals surface area (Å²) in [5, 5.41) is 3.27. The lowest BCUT2D eigenvalue weighted by atomic mass is 10.3. The molecule has 0 aliphatic carbocycles. The van der Waals surface area contributed by atoms with Crippen LogP contribution in [0, 0.1) is 0 Å². The third-order valence-electron chi connectivity index (χ3n) is 2.92. The third-order valence-corrected chi connectivity index (χ3v) is 2.92. The Morgan fingerprint density at radius 1 is 1.32 bits per heavy atom. The highest BCUT2D eigenvalue weighted by atomic mass is 16.5. The fourth-order valence-electron chi connectivity index (χ4n) is 1.86. The predicted octanol–water partition coefficient (Wildman–Crippen LogP) is 1.35. The van der Waals surface area contributed by atoms with E-state index >= 15 is 0 Å². The van der Waals surface area contributed by atoms with Crippen LogP contribution in [0.3, 0.4) is 0 Å². The molecule has 0 atom stereocenters. The van der Waals surface area contributed by atoms with Gasteiger partial charge in [-0.3, -0.25) is 0 Å². The number of nitrogens with one attached hydrogen (secondary N) is 1. The fraction of sp³-hybridized carbons (Fsp3) is 0.692. The minimum atomic E-state index is 0.374. The van der Waals surface area contributed by atoms with Crippen molar-refractivity contribution in [2.24, 2.45) is 0 Å². The zero-order valence-corrected chi connectivity index (χ0v) is 12.1. The number of anilines is 2. The fourth-order valence-corrected chi connectivity index (χ4v) is 1.86. The van der Waals surface area contributed by atoms with E-state index in [-0.39, 0.29) is 0 Å². The van der Waals surface area contributed by atoms with Crippen LogP contribution in [0.2, 0.25) is 0 Å². The van der Waals surface area contributed by atoms with E-state index in [1.54, 1.807) is 13.2 Å². The first-order valence-corrected chi connectivity index (χ1v) is 6.78. The van der Waals surface area contributed by atoms with Crippen LogP contribution in [-0.4, -0.2) is 48.2 Å². The lowest BCUT2D eigenvalue weighted by Gasteiger charge is -2.17. The predicted molar refractivity (Wildman–Crippen MR) is 78.1 cm³/mol. The van der Waals surface area contributed by atoms with Crippen LogP contribution in [-0.2, 0) is 11.3 Å². The van der Waals surface area contributed by atoms with Crippen LogP contribution in [0.5, 0.6) is 0 Å². The summed E-state index contributed by atoms with van der Waals surface area (Å²) in [5.41, 5.74) is 5.73. The van der Waals surface area contributed by atoms with E-state index in [0.717, 1.165) is 38.4 Å². The van der Waals surface area contributed by atoms with Gasteiger partial charge < -0.3 is 20.7 Å². The van der Waals surface area contributed by atoms with Gasteiger partial charge >= 0.3 is 0 Å². The molecule has 0 radical (unpaired) electrons. The second kappa shape index (κ2) is 8.66. The van der Waals surface area contributed by atoms with E-state index in [0.29, 0.717) is 18.2 Å². The van der Waals surface area contributed by atoms with Gasteiger partial charge in [0.1, 0.15) is 18.2 Å². The van der Waals surface area contributed by atoms with Gasteiger partial charge in [0, 0.05) is 19.7 Å². The van der Waals surface area contributed by atoms with E-state index in [1.165, 1.54) is 0 Å². The minimum Gasteiger partial charge on any atom is -0.384 e. The summed E-state index contributed by atoms with van der Waals surface area (Å²) < 4.78 is 5.01. The summed E-state index contributed by atoms with van der Waals surface area (Å²) in [6.07, 6.45) is 1.07. The largest absolute Gasteiger partial charge is 0.384 e. The number of aromatic nitrogens is 2. The van der Waals surface area contributed by atoms with Gasteiger partial charge in [-0.05, 0) is 26.1 Å². The normalized spacial score (nSPS) is 10.9. The van der Waals surface area contributed by atoms with Crippen molar-refractivity contribution in [2.75, 3.05) is 44.3 Å². The maximum Gasteiger partial charge on any atom is 0.158 e. The summed E-state index contributed by atoms with van der Waals surface area (Å²) in [6, 6.07) is 1.75. The standard InChI is InChI=1S/C13H25N5O/c1-4-18(5-2)8-6-7-15-12-9-11(14)16-13(17-12)10-19-3/h9H,4-8,10H2,1-3H3,(H3,14,15,16,17). The van der Waals surface area contributed by atoms with Gasteiger partial charge in [-0.25, -0.2) is 9.97 Å². The van der Waals surface area contributed by atoms with Crippen LogP contribution >= 0.6 is 0 Å². The van der Waals surface area contributed by atoms with Crippen molar-refractivity contribution in [1.82, 2.24) is 14.9 Å². The molecule has 0 aliphatic rings. The average molecular weight is 267 g/mol. The lowest BCUT2D eigenvalue weighted by molar-refractivity contribution is 0.178. The third kappa shape index (κ3) is 5.85.